The van der Waals surface area contributed by atoms with Crippen LogP contribution in [0.15, 0.2) is 37.1 Å². The molecule has 0 saturated carbocycles. The quantitative estimate of drug-likeness (QED) is 0.704. The average molecular weight is 352 g/mol. The van der Waals surface area contributed by atoms with Gasteiger partial charge >= 0.3 is 0 Å². The second-order valence-electron chi connectivity index (χ2n) is 6.38. The molecule has 0 N–H and O–H groups in total. The van der Waals surface area contributed by atoms with Gasteiger partial charge in [-0.1, -0.05) is 0 Å². The highest BCUT2D eigenvalue weighted by Gasteiger charge is 2.27. The largest absolute Gasteiger partial charge is 0.375 e. The van der Waals surface area contributed by atoms with Gasteiger partial charge < -0.3 is 9.64 Å². The van der Waals surface area contributed by atoms with Crippen LogP contribution in [0.3, 0.4) is 0 Å². The van der Waals surface area contributed by atoms with Crippen LogP contribution in [0.2, 0.25) is 0 Å². The summed E-state index contributed by atoms with van der Waals surface area (Å²) in [5, 5.41) is 4.20. The lowest BCUT2D eigenvalue weighted by Crippen LogP contribution is -2.45. The lowest BCUT2D eigenvalue weighted by Gasteiger charge is -2.32. The van der Waals surface area contributed by atoms with Crippen LogP contribution in [0.25, 0.3) is 5.65 Å². The maximum Gasteiger partial charge on any atom is 0.259 e. The van der Waals surface area contributed by atoms with Crippen LogP contribution in [0, 0.1) is 6.92 Å². The van der Waals surface area contributed by atoms with Gasteiger partial charge in [0.1, 0.15) is 11.9 Å². The summed E-state index contributed by atoms with van der Waals surface area (Å²) in [5.41, 5.74) is 3.06. The molecule has 1 aliphatic heterocycles. The van der Waals surface area contributed by atoms with Crippen molar-refractivity contribution in [3.8, 4) is 0 Å². The molecule has 0 aromatic carbocycles. The molecule has 1 amide bonds. The van der Waals surface area contributed by atoms with Crippen molar-refractivity contribution in [1.29, 1.82) is 0 Å². The van der Waals surface area contributed by atoms with E-state index in [-0.39, 0.29) is 12.0 Å². The maximum absolute atomic E-state index is 12.9. The van der Waals surface area contributed by atoms with E-state index in [9.17, 15) is 4.79 Å². The fourth-order valence-corrected chi connectivity index (χ4v) is 3.18. The first-order valence-electron chi connectivity index (χ1n) is 8.67. The van der Waals surface area contributed by atoms with Crippen LogP contribution in [-0.4, -0.2) is 61.2 Å². The molecule has 1 saturated heterocycles. The number of hydrogen-bond donors (Lipinski definition) is 0. The number of amides is 1. The smallest absolute Gasteiger partial charge is 0.259 e. The van der Waals surface area contributed by atoms with Crippen LogP contribution in [-0.2, 0) is 11.2 Å². The SMILES string of the molecule is Cc1cc(CC[C@H]2CN(C(=O)c3cnn4cccnc34)CCO2)ncn1. The molecule has 8 nitrogen and oxygen atoms in total. The average Bonchev–Trinajstić information content (AvgIpc) is 3.10. The minimum Gasteiger partial charge on any atom is -0.375 e. The van der Waals surface area contributed by atoms with E-state index in [0.717, 1.165) is 24.2 Å². The third-order valence-electron chi connectivity index (χ3n) is 4.52. The predicted octanol–water partition coefficient (Wildman–Crippen LogP) is 1.30. The summed E-state index contributed by atoms with van der Waals surface area (Å²) >= 11 is 0. The number of hydrogen-bond acceptors (Lipinski definition) is 6. The molecule has 0 aliphatic carbocycles. The molecule has 0 spiro atoms. The Morgan fingerprint density at radius 1 is 1.35 bits per heavy atom. The first-order valence-corrected chi connectivity index (χ1v) is 8.67. The molecule has 134 valence electrons. The number of aromatic nitrogens is 5. The van der Waals surface area contributed by atoms with E-state index in [1.54, 1.807) is 35.5 Å². The number of carbonyl (C=O) groups is 1. The second-order valence-corrected chi connectivity index (χ2v) is 6.38. The number of rotatable bonds is 4. The first kappa shape index (κ1) is 16.6. The molecule has 0 unspecified atom stereocenters. The zero-order valence-electron chi connectivity index (χ0n) is 14.6. The van der Waals surface area contributed by atoms with Crippen LogP contribution in [0.1, 0.15) is 28.2 Å². The summed E-state index contributed by atoms with van der Waals surface area (Å²) in [6, 6.07) is 3.77. The normalized spacial score (nSPS) is 17.6. The van der Waals surface area contributed by atoms with Crippen molar-refractivity contribution in [3.05, 3.63) is 54.0 Å². The maximum atomic E-state index is 12.9. The number of morpholine rings is 1. The van der Waals surface area contributed by atoms with E-state index in [1.807, 2.05) is 17.9 Å². The highest BCUT2D eigenvalue weighted by molar-refractivity contribution is 5.99. The number of fused-ring (bicyclic) bond motifs is 1. The Labute approximate surface area is 150 Å². The summed E-state index contributed by atoms with van der Waals surface area (Å²) in [6.07, 6.45) is 8.23. The summed E-state index contributed by atoms with van der Waals surface area (Å²) in [5.74, 6) is -0.0510. The Hall–Kier alpha value is -2.87. The fraction of sp³-hybridized carbons (Fsp3) is 0.389. The molecule has 1 aliphatic rings. The Balaban J connectivity index is 1.42. The topological polar surface area (TPSA) is 85.5 Å². The van der Waals surface area contributed by atoms with E-state index >= 15 is 0 Å². The standard InChI is InChI=1S/C18H20N6O2/c1-13-9-14(21-12-20-13)3-4-15-11-23(7-8-26-15)18(25)16-10-22-24-6-2-5-19-17(16)24/h2,5-6,9-10,12,15H,3-4,7-8,11H2,1H3/t15-/m0/s1. The molecule has 3 aromatic heterocycles. The summed E-state index contributed by atoms with van der Waals surface area (Å²) in [4.78, 5) is 27.4. The van der Waals surface area contributed by atoms with E-state index in [4.69, 9.17) is 4.74 Å². The summed E-state index contributed by atoms with van der Waals surface area (Å²) < 4.78 is 7.46. The molecular formula is C18H20N6O2. The lowest BCUT2D eigenvalue weighted by molar-refractivity contribution is -0.0246. The minimum atomic E-state index is -0.0510. The van der Waals surface area contributed by atoms with Crippen molar-refractivity contribution >= 4 is 11.6 Å². The van der Waals surface area contributed by atoms with Crippen molar-refractivity contribution in [3.63, 3.8) is 0 Å². The van der Waals surface area contributed by atoms with Crippen LogP contribution in [0.4, 0.5) is 0 Å². The van der Waals surface area contributed by atoms with Crippen molar-refractivity contribution in [2.75, 3.05) is 19.7 Å². The van der Waals surface area contributed by atoms with E-state index in [1.165, 1.54) is 0 Å². The Kier molecular flexibility index (Phi) is 4.57. The van der Waals surface area contributed by atoms with Gasteiger partial charge in [0.25, 0.3) is 5.91 Å². The Bertz CT molecular complexity index is 925. The summed E-state index contributed by atoms with van der Waals surface area (Å²) in [6.45, 7) is 3.62. The van der Waals surface area contributed by atoms with Crippen molar-refractivity contribution in [1.82, 2.24) is 29.5 Å². The molecule has 3 aromatic rings. The second kappa shape index (κ2) is 7.17. The molecular weight excluding hydrogens is 332 g/mol. The summed E-state index contributed by atoms with van der Waals surface area (Å²) in [7, 11) is 0. The van der Waals surface area contributed by atoms with Gasteiger partial charge in [0.2, 0.25) is 0 Å². The van der Waals surface area contributed by atoms with Crippen LogP contribution < -0.4 is 0 Å². The van der Waals surface area contributed by atoms with Gasteiger partial charge in [-0.15, -0.1) is 0 Å². The van der Waals surface area contributed by atoms with E-state index in [2.05, 4.69) is 20.1 Å². The molecule has 0 radical (unpaired) electrons. The third kappa shape index (κ3) is 3.41. The molecule has 4 rings (SSSR count). The highest BCUT2D eigenvalue weighted by atomic mass is 16.5. The third-order valence-corrected chi connectivity index (χ3v) is 4.52. The number of carbonyl (C=O) groups excluding carboxylic acids is 1. The highest BCUT2D eigenvalue weighted by Crippen LogP contribution is 2.16. The molecule has 0 bridgehead atoms. The molecule has 1 atom stereocenters. The fourth-order valence-electron chi connectivity index (χ4n) is 3.18. The molecule has 26 heavy (non-hydrogen) atoms. The van der Waals surface area contributed by atoms with Gasteiger partial charge in [0.05, 0.1) is 18.9 Å². The monoisotopic (exact) mass is 352 g/mol. The number of nitrogens with zero attached hydrogens (tertiary/aromatic N) is 6. The molecule has 4 heterocycles. The van der Waals surface area contributed by atoms with Crippen LogP contribution in [0.5, 0.6) is 0 Å². The van der Waals surface area contributed by atoms with Crippen LogP contribution >= 0.6 is 0 Å². The number of aryl methyl sites for hydroxylation is 2. The van der Waals surface area contributed by atoms with Gasteiger partial charge in [0, 0.05) is 36.9 Å². The van der Waals surface area contributed by atoms with E-state index < -0.39 is 0 Å². The zero-order chi connectivity index (χ0) is 17.9. The number of ether oxygens (including phenoxy) is 1. The molecule has 1 fully saturated rings. The molecule has 8 heteroatoms. The predicted molar refractivity (Wildman–Crippen MR) is 93.7 cm³/mol. The van der Waals surface area contributed by atoms with Gasteiger partial charge in [-0.3, -0.25) is 4.79 Å². The van der Waals surface area contributed by atoms with Crippen molar-refractivity contribution in [2.24, 2.45) is 0 Å². The van der Waals surface area contributed by atoms with Gasteiger partial charge in [0.15, 0.2) is 5.65 Å². The van der Waals surface area contributed by atoms with Gasteiger partial charge in [-0.2, -0.15) is 5.10 Å². The van der Waals surface area contributed by atoms with E-state index in [0.29, 0.717) is 30.9 Å². The minimum absolute atomic E-state index is 0.00207. The van der Waals surface area contributed by atoms with Crippen molar-refractivity contribution < 1.29 is 9.53 Å². The Morgan fingerprint density at radius 3 is 3.15 bits per heavy atom. The first-order chi connectivity index (χ1) is 12.7. The van der Waals surface area contributed by atoms with Gasteiger partial charge in [-0.05, 0) is 31.9 Å². The van der Waals surface area contributed by atoms with Crippen molar-refractivity contribution in [2.45, 2.75) is 25.9 Å². The zero-order valence-corrected chi connectivity index (χ0v) is 14.6. The van der Waals surface area contributed by atoms with Gasteiger partial charge in [-0.25, -0.2) is 19.5 Å². The lowest BCUT2D eigenvalue weighted by atomic mass is 10.1. The Morgan fingerprint density at radius 2 is 2.27 bits per heavy atom.